The molecule has 0 radical (unpaired) electrons. The normalized spacial score (nSPS) is 8.12. The third-order valence-electron chi connectivity index (χ3n) is 0.614. The molecule has 0 rings (SSSR count). The second kappa shape index (κ2) is 3.01. The highest BCUT2D eigenvalue weighted by Gasteiger charge is 2.00. The maximum absolute atomic E-state index is 10.2. The van der Waals surface area contributed by atoms with Gasteiger partial charge in [0.1, 0.15) is 6.42 Å². The number of nitrogens with one attached hydrogen (secondary N) is 1. The molecule has 4 nitrogen and oxygen atoms in total. The molecule has 4 heteroatoms. The van der Waals surface area contributed by atoms with Gasteiger partial charge in [0.25, 0.3) is 0 Å². The molecule has 0 aromatic rings. The van der Waals surface area contributed by atoms with Crippen molar-refractivity contribution < 1.29 is 9.59 Å². The lowest BCUT2D eigenvalue weighted by atomic mass is 10.4. The zero-order valence-corrected chi connectivity index (χ0v) is 4.60. The van der Waals surface area contributed by atoms with E-state index in [0.717, 1.165) is 0 Å². The van der Waals surface area contributed by atoms with Crippen molar-refractivity contribution in [3.05, 3.63) is 0 Å². The molecule has 0 aromatic carbocycles. The van der Waals surface area contributed by atoms with Gasteiger partial charge in [0.15, 0.2) is 0 Å². The first-order valence-electron chi connectivity index (χ1n) is 2.15. The fourth-order valence-electron chi connectivity index (χ4n) is 0.247. The van der Waals surface area contributed by atoms with Crippen molar-refractivity contribution >= 4 is 11.8 Å². The van der Waals surface area contributed by atoms with Gasteiger partial charge >= 0.3 is 0 Å². The van der Waals surface area contributed by atoms with Gasteiger partial charge in [0.2, 0.25) is 11.8 Å². The second-order valence-electron chi connectivity index (χ2n) is 1.32. The minimum atomic E-state index is -0.607. The highest BCUT2D eigenvalue weighted by Crippen LogP contribution is 1.72. The van der Waals surface area contributed by atoms with Crippen LogP contribution in [0, 0.1) is 0 Å². The minimum absolute atomic E-state index is 0.226. The quantitative estimate of drug-likeness (QED) is 0.436. The lowest BCUT2D eigenvalue weighted by molar-refractivity contribution is -0.127. The van der Waals surface area contributed by atoms with Crippen LogP contribution < -0.4 is 11.1 Å². The predicted octanol–water partition coefficient (Wildman–Crippen LogP) is -1.39. The molecule has 0 fully saturated rings. The second-order valence-corrected chi connectivity index (χ2v) is 1.32. The topological polar surface area (TPSA) is 72.2 Å². The van der Waals surface area contributed by atoms with Gasteiger partial charge in [-0.25, -0.2) is 0 Å². The van der Waals surface area contributed by atoms with E-state index in [4.69, 9.17) is 0 Å². The van der Waals surface area contributed by atoms with Crippen molar-refractivity contribution in [3.63, 3.8) is 0 Å². The molecule has 0 aliphatic carbocycles. The van der Waals surface area contributed by atoms with E-state index < -0.39 is 5.91 Å². The average molecular weight is 116 g/mol. The van der Waals surface area contributed by atoms with Crippen LogP contribution in [-0.4, -0.2) is 18.9 Å². The number of carbonyl (C=O) groups is 2. The fourth-order valence-corrected chi connectivity index (χ4v) is 0.247. The van der Waals surface area contributed by atoms with Crippen molar-refractivity contribution in [1.29, 1.82) is 0 Å². The van der Waals surface area contributed by atoms with E-state index in [9.17, 15) is 9.59 Å². The summed E-state index contributed by atoms with van der Waals surface area (Å²) in [4.78, 5) is 20.1. The Labute approximate surface area is 47.0 Å². The third-order valence-corrected chi connectivity index (χ3v) is 0.614. The van der Waals surface area contributed by atoms with Crippen molar-refractivity contribution in [2.24, 2.45) is 5.73 Å². The Morgan fingerprint density at radius 2 is 2.12 bits per heavy atom. The van der Waals surface area contributed by atoms with Crippen LogP contribution in [0.25, 0.3) is 0 Å². The molecule has 0 spiro atoms. The molecule has 3 N–H and O–H groups in total. The average Bonchev–Trinajstić information content (AvgIpc) is 1.65. The molecule has 0 aliphatic heterocycles. The number of amides is 2. The van der Waals surface area contributed by atoms with Gasteiger partial charge in [-0.1, -0.05) is 0 Å². The van der Waals surface area contributed by atoms with E-state index in [1.54, 1.807) is 0 Å². The van der Waals surface area contributed by atoms with Crippen LogP contribution in [-0.2, 0) is 9.59 Å². The van der Waals surface area contributed by atoms with Crippen LogP contribution in [0.3, 0.4) is 0 Å². The first-order valence-corrected chi connectivity index (χ1v) is 2.15. The first kappa shape index (κ1) is 6.94. The van der Waals surface area contributed by atoms with E-state index in [0.29, 0.717) is 0 Å². The number of nitrogens with two attached hydrogens (primary N) is 1. The molecule has 0 heterocycles. The van der Waals surface area contributed by atoms with Crippen LogP contribution in [0.5, 0.6) is 0 Å². The first-order chi connectivity index (χ1) is 3.66. The van der Waals surface area contributed by atoms with E-state index in [1.807, 2.05) is 0 Å². The molecule has 0 saturated carbocycles. The number of carbonyl (C=O) groups excluding carboxylic acids is 2. The molecule has 2 amide bonds. The Morgan fingerprint density at radius 3 is 2.25 bits per heavy atom. The highest BCUT2D eigenvalue weighted by atomic mass is 16.2. The summed E-state index contributed by atoms with van der Waals surface area (Å²) in [5.41, 5.74) is 4.67. The van der Waals surface area contributed by atoms with Gasteiger partial charge in [0.05, 0.1) is 0 Å². The molecule has 8 heavy (non-hydrogen) atoms. The molecular formula is C4H8N2O2. The Balaban J connectivity index is 3.40. The van der Waals surface area contributed by atoms with Gasteiger partial charge in [0, 0.05) is 7.05 Å². The minimum Gasteiger partial charge on any atom is -0.369 e. The standard InChI is InChI=1S/C4H8N2O2/c1-6-4(8)2-3(5)7/h2H2,1H3,(H2,5,7)(H,6,8). The largest absolute Gasteiger partial charge is 0.369 e. The smallest absolute Gasteiger partial charge is 0.229 e. The summed E-state index contributed by atoms with van der Waals surface area (Å²) >= 11 is 0. The summed E-state index contributed by atoms with van der Waals surface area (Å²) in [6, 6.07) is 0. The van der Waals surface area contributed by atoms with E-state index >= 15 is 0 Å². The van der Waals surface area contributed by atoms with Crippen LogP contribution in [0.2, 0.25) is 0 Å². The van der Waals surface area contributed by atoms with Crippen LogP contribution in [0.15, 0.2) is 0 Å². The van der Waals surface area contributed by atoms with Crippen molar-refractivity contribution in [2.75, 3.05) is 7.05 Å². The molecule has 46 valence electrons. The molecule has 0 bridgehead atoms. The lowest BCUT2D eigenvalue weighted by Gasteiger charge is -1.91. The maximum Gasteiger partial charge on any atom is 0.229 e. The fraction of sp³-hybridized carbons (Fsp3) is 0.500. The van der Waals surface area contributed by atoms with Crippen molar-refractivity contribution in [2.45, 2.75) is 6.42 Å². The van der Waals surface area contributed by atoms with Gasteiger partial charge in [-0.2, -0.15) is 0 Å². The Morgan fingerprint density at radius 1 is 1.62 bits per heavy atom. The van der Waals surface area contributed by atoms with Gasteiger partial charge in [-0.15, -0.1) is 0 Å². The lowest BCUT2D eigenvalue weighted by Crippen LogP contribution is -2.24. The molecule has 0 atom stereocenters. The summed E-state index contributed by atoms with van der Waals surface area (Å²) in [7, 11) is 1.45. The molecule has 0 unspecified atom stereocenters. The Kier molecular flexibility index (Phi) is 2.61. The van der Waals surface area contributed by atoms with Gasteiger partial charge < -0.3 is 11.1 Å². The SMILES string of the molecule is CNC(=O)CC(N)=O. The monoisotopic (exact) mass is 116 g/mol. The maximum atomic E-state index is 10.2. The molecule has 0 aliphatic rings. The Hall–Kier alpha value is -1.06. The zero-order valence-electron chi connectivity index (χ0n) is 4.60. The van der Waals surface area contributed by atoms with E-state index in [-0.39, 0.29) is 12.3 Å². The highest BCUT2D eigenvalue weighted by molar-refractivity contribution is 5.95. The summed E-state index contributed by atoms with van der Waals surface area (Å²) in [6.45, 7) is 0. The summed E-state index contributed by atoms with van der Waals surface area (Å²) in [6.07, 6.45) is -0.226. The Bertz CT molecular complexity index is 111. The summed E-state index contributed by atoms with van der Waals surface area (Å²) in [5, 5.41) is 2.26. The van der Waals surface area contributed by atoms with Gasteiger partial charge in [-0.3, -0.25) is 9.59 Å². The number of rotatable bonds is 2. The molecular weight excluding hydrogens is 108 g/mol. The van der Waals surface area contributed by atoms with Crippen LogP contribution >= 0.6 is 0 Å². The number of primary amides is 1. The van der Waals surface area contributed by atoms with Crippen LogP contribution in [0.4, 0.5) is 0 Å². The van der Waals surface area contributed by atoms with Crippen LogP contribution in [0.1, 0.15) is 6.42 Å². The van der Waals surface area contributed by atoms with Crippen molar-refractivity contribution in [3.8, 4) is 0 Å². The molecule has 0 saturated heterocycles. The predicted molar refractivity (Wildman–Crippen MR) is 27.9 cm³/mol. The molecule has 0 aromatic heterocycles. The zero-order chi connectivity index (χ0) is 6.57. The third kappa shape index (κ3) is 3.14. The summed E-state index contributed by atoms with van der Waals surface area (Å²) in [5.74, 6) is -0.957. The number of hydrogen-bond donors (Lipinski definition) is 2. The van der Waals surface area contributed by atoms with E-state index in [1.165, 1.54) is 7.05 Å². The van der Waals surface area contributed by atoms with Crippen molar-refractivity contribution in [1.82, 2.24) is 5.32 Å². The van der Waals surface area contributed by atoms with Gasteiger partial charge in [-0.05, 0) is 0 Å². The summed E-state index contributed by atoms with van der Waals surface area (Å²) < 4.78 is 0. The van der Waals surface area contributed by atoms with E-state index in [2.05, 4.69) is 11.1 Å². The number of hydrogen-bond acceptors (Lipinski definition) is 2.